The molecule has 1 aromatic heterocycles. The molecule has 0 saturated carbocycles. The summed E-state index contributed by atoms with van der Waals surface area (Å²) in [5.41, 5.74) is 0.121. The highest BCUT2D eigenvalue weighted by Crippen LogP contribution is 2.29. The molecule has 0 atom stereocenters. The van der Waals surface area contributed by atoms with Crippen molar-refractivity contribution in [2.75, 3.05) is 0 Å². The number of carbonyl (C=O) groups is 1. The fraction of sp³-hybridized carbons (Fsp3) is 0.167. The van der Waals surface area contributed by atoms with Crippen LogP contribution in [0.2, 0.25) is 0 Å². The lowest BCUT2D eigenvalue weighted by molar-refractivity contribution is -0.137. The number of halogens is 3. The minimum Gasteiger partial charge on any atom is -0.414 e. The number of aromatic nitrogens is 2. The zero-order valence-corrected chi connectivity index (χ0v) is 14.7. The molecule has 5 nitrogen and oxygen atoms in total. The van der Waals surface area contributed by atoms with E-state index in [9.17, 15) is 18.0 Å². The average molecular weight is 393 g/mol. The lowest BCUT2D eigenvalue weighted by atomic mass is 10.1. The van der Waals surface area contributed by atoms with E-state index in [0.717, 1.165) is 17.7 Å². The van der Waals surface area contributed by atoms with E-state index in [1.165, 1.54) is 23.9 Å². The van der Waals surface area contributed by atoms with Crippen LogP contribution in [0.4, 0.5) is 13.2 Å². The first-order valence-electron chi connectivity index (χ1n) is 7.86. The Hall–Kier alpha value is -2.81. The number of amides is 1. The molecule has 0 fully saturated rings. The summed E-state index contributed by atoms with van der Waals surface area (Å²) in [7, 11) is 0. The van der Waals surface area contributed by atoms with Gasteiger partial charge in [0.15, 0.2) is 0 Å². The molecule has 27 heavy (non-hydrogen) atoms. The number of hydrogen-bond acceptors (Lipinski definition) is 5. The third kappa shape index (κ3) is 5.33. The van der Waals surface area contributed by atoms with Gasteiger partial charge in [0, 0.05) is 11.3 Å². The van der Waals surface area contributed by atoms with Gasteiger partial charge in [-0.1, -0.05) is 48.2 Å². The number of carbonyl (C=O) groups excluding carboxylic acids is 1. The minimum absolute atomic E-state index is 0.0754. The van der Waals surface area contributed by atoms with Crippen LogP contribution in [0.5, 0.6) is 0 Å². The molecule has 0 aliphatic carbocycles. The van der Waals surface area contributed by atoms with Crippen molar-refractivity contribution in [3.8, 4) is 0 Å². The Morgan fingerprint density at radius 1 is 1.07 bits per heavy atom. The van der Waals surface area contributed by atoms with E-state index in [2.05, 4.69) is 15.5 Å². The maximum absolute atomic E-state index is 12.7. The van der Waals surface area contributed by atoms with E-state index < -0.39 is 17.6 Å². The van der Waals surface area contributed by atoms with E-state index in [1.807, 2.05) is 30.3 Å². The lowest BCUT2D eigenvalue weighted by Crippen LogP contribution is -2.23. The molecule has 1 N–H and O–H groups in total. The Balaban J connectivity index is 1.54. The van der Waals surface area contributed by atoms with Crippen molar-refractivity contribution in [2.45, 2.75) is 23.7 Å². The molecule has 2 aromatic carbocycles. The summed E-state index contributed by atoms with van der Waals surface area (Å²) in [6.45, 7) is -0.0754. The SMILES string of the molecule is O=C(NCc1nnc(SCc2ccccc2)o1)c1cccc(C(F)(F)F)c1. The zero-order valence-electron chi connectivity index (χ0n) is 13.9. The Labute approximate surface area is 157 Å². The first-order valence-corrected chi connectivity index (χ1v) is 8.85. The number of rotatable bonds is 6. The molecule has 0 unspecified atom stereocenters. The van der Waals surface area contributed by atoms with Crippen LogP contribution >= 0.6 is 11.8 Å². The topological polar surface area (TPSA) is 68.0 Å². The van der Waals surface area contributed by atoms with Crippen LogP contribution in [-0.2, 0) is 18.5 Å². The first-order chi connectivity index (χ1) is 12.9. The van der Waals surface area contributed by atoms with Crippen LogP contribution in [0.25, 0.3) is 0 Å². The van der Waals surface area contributed by atoms with Crippen LogP contribution < -0.4 is 5.32 Å². The van der Waals surface area contributed by atoms with Crippen molar-refractivity contribution in [3.05, 3.63) is 77.2 Å². The lowest BCUT2D eigenvalue weighted by Gasteiger charge is -2.08. The predicted molar refractivity (Wildman–Crippen MR) is 92.9 cm³/mol. The maximum atomic E-state index is 12.7. The number of nitrogens with one attached hydrogen (secondary N) is 1. The van der Waals surface area contributed by atoms with Crippen molar-refractivity contribution in [3.63, 3.8) is 0 Å². The van der Waals surface area contributed by atoms with Gasteiger partial charge in [0.1, 0.15) is 0 Å². The Bertz CT molecular complexity index is 913. The summed E-state index contributed by atoms with van der Waals surface area (Å²) < 4.78 is 43.6. The molecule has 3 rings (SSSR count). The molecule has 0 aliphatic rings. The summed E-state index contributed by atoms with van der Waals surface area (Å²) in [6, 6.07) is 13.9. The number of nitrogens with zero attached hydrogens (tertiary/aromatic N) is 2. The first kappa shape index (κ1) is 19.0. The third-order valence-electron chi connectivity index (χ3n) is 3.51. The maximum Gasteiger partial charge on any atom is 0.416 e. The molecule has 0 spiro atoms. The van der Waals surface area contributed by atoms with Gasteiger partial charge in [-0.05, 0) is 23.8 Å². The van der Waals surface area contributed by atoms with Gasteiger partial charge in [0.25, 0.3) is 11.1 Å². The van der Waals surface area contributed by atoms with Gasteiger partial charge in [-0.3, -0.25) is 4.79 Å². The van der Waals surface area contributed by atoms with E-state index >= 15 is 0 Å². The molecule has 0 radical (unpaired) electrons. The average Bonchev–Trinajstić information content (AvgIpc) is 3.13. The smallest absolute Gasteiger partial charge is 0.414 e. The quantitative estimate of drug-likeness (QED) is 0.632. The fourth-order valence-electron chi connectivity index (χ4n) is 2.18. The summed E-state index contributed by atoms with van der Waals surface area (Å²) in [5.74, 6) is 0.169. The van der Waals surface area contributed by atoms with E-state index in [4.69, 9.17) is 4.42 Å². The third-order valence-corrected chi connectivity index (χ3v) is 4.40. The summed E-state index contributed by atoms with van der Waals surface area (Å²) in [5, 5.41) is 10.5. The summed E-state index contributed by atoms with van der Waals surface area (Å²) >= 11 is 1.35. The van der Waals surface area contributed by atoms with E-state index in [1.54, 1.807) is 0 Å². The van der Waals surface area contributed by atoms with E-state index in [0.29, 0.717) is 11.0 Å². The van der Waals surface area contributed by atoms with Crippen molar-refractivity contribution in [1.82, 2.24) is 15.5 Å². The Kier molecular flexibility index (Phi) is 5.80. The molecule has 0 bridgehead atoms. The van der Waals surface area contributed by atoms with Gasteiger partial charge in [0.2, 0.25) is 5.89 Å². The van der Waals surface area contributed by atoms with E-state index in [-0.39, 0.29) is 18.0 Å². The number of thioether (sulfide) groups is 1. The van der Waals surface area contributed by atoms with Gasteiger partial charge in [-0.2, -0.15) is 13.2 Å². The van der Waals surface area contributed by atoms with Crippen LogP contribution in [0.3, 0.4) is 0 Å². The number of benzene rings is 2. The molecule has 0 saturated heterocycles. The van der Waals surface area contributed by atoms with Gasteiger partial charge in [-0.25, -0.2) is 0 Å². The monoisotopic (exact) mass is 393 g/mol. The van der Waals surface area contributed by atoms with Gasteiger partial charge < -0.3 is 9.73 Å². The summed E-state index contributed by atoms with van der Waals surface area (Å²) in [4.78, 5) is 12.0. The standard InChI is InChI=1S/C18H14F3N3O2S/c19-18(20,21)14-8-4-7-13(9-14)16(25)22-10-15-23-24-17(26-15)27-11-12-5-2-1-3-6-12/h1-9H,10-11H2,(H,22,25). The second kappa shape index (κ2) is 8.26. The predicted octanol–water partition coefficient (Wildman–Crippen LogP) is 4.31. The van der Waals surface area contributed by atoms with Crippen molar-refractivity contribution < 1.29 is 22.4 Å². The Morgan fingerprint density at radius 3 is 2.59 bits per heavy atom. The normalized spacial score (nSPS) is 11.4. The second-order valence-electron chi connectivity index (χ2n) is 5.50. The highest BCUT2D eigenvalue weighted by molar-refractivity contribution is 7.98. The molecular weight excluding hydrogens is 379 g/mol. The molecule has 1 amide bonds. The van der Waals surface area contributed by atoms with Crippen LogP contribution in [-0.4, -0.2) is 16.1 Å². The molecule has 3 aromatic rings. The van der Waals surface area contributed by atoms with Crippen LogP contribution in [0.1, 0.15) is 27.4 Å². The molecule has 0 aliphatic heterocycles. The van der Waals surface area contributed by atoms with Gasteiger partial charge in [-0.15, -0.1) is 10.2 Å². The second-order valence-corrected chi connectivity index (χ2v) is 6.42. The summed E-state index contributed by atoms with van der Waals surface area (Å²) in [6.07, 6.45) is -4.51. The minimum atomic E-state index is -4.51. The van der Waals surface area contributed by atoms with Crippen molar-refractivity contribution in [1.29, 1.82) is 0 Å². The van der Waals surface area contributed by atoms with Crippen molar-refractivity contribution in [2.24, 2.45) is 0 Å². The van der Waals surface area contributed by atoms with Gasteiger partial charge >= 0.3 is 6.18 Å². The highest BCUT2D eigenvalue weighted by Gasteiger charge is 2.30. The largest absolute Gasteiger partial charge is 0.416 e. The number of hydrogen-bond donors (Lipinski definition) is 1. The molecule has 9 heteroatoms. The molecular formula is C18H14F3N3O2S. The highest BCUT2D eigenvalue weighted by atomic mass is 32.2. The molecule has 140 valence electrons. The van der Waals surface area contributed by atoms with Crippen LogP contribution in [0.15, 0.2) is 64.2 Å². The van der Waals surface area contributed by atoms with Gasteiger partial charge in [0.05, 0.1) is 12.1 Å². The van der Waals surface area contributed by atoms with Crippen LogP contribution in [0, 0.1) is 0 Å². The number of alkyl halides is 3. The molecule has 1 heterocycles. The zero-order chi connectivity index (χ0) is 19.3. The Morgan fingerprint density at radius 2 is 1.85 bits per heavy atom. The van der Waals surface area contributed by atoms with Crippen molar-refractivity contribution >= 4 is 17.7 Å². The fourth-order valence-corrected chi connectivity index (χ4v) is 2.92.